The summed E-state index contributed by atoms with van der Waals surface area (Å²) in [6.45, 7) is 0. The van der Waals surface area contributed by atoms with Gasteiger partial charge in [0.15, 0.2) is 5.65 Å². The van der Waals surface area contributed by atoms with Gasteiger partial charge in [0.25, 0.3) is 0 Å². The molecule has 0 bridgehead atoms. The molecule has 2 aromatic heterocycles. The molecular formula is C21H19N7O2. The van der Waals surface area contributed by atoms with Crippen molar-refractivity contribution in [1.29, 1.82) is 5.26 Å². The number of carbonyl (C=O) groups excluding carboxylic acids is 1. The van der Waals surface area contributed by atoms with E-state index in [1.54, 1.807) is 25.4 Å². The highest BCUT2D eigenvalue weighted by atomic mass is 16.5. The number of aromatic nitrogens is 4. The molecule has 0 aliphatic heterocycles. The molecule has 0 aliphatic rings. The Morgan fingerprint density at radius 3 is 2.93 bits per heavy atom. The summed E-state index contributed by atoms with van der Waals surface area (Å²) in [5, 5.41) is 18.2. The van der Waals surface area contributed by atoms with Crippen LogP contribution in [0.1, 0.15) is 15.9 Å². The van der Waals surface area contributed by atoms with Crippen LogP contribution in [0.3, 0.4) is 0 Å². The highest BCUT2D eigenvalue weighted by Gasteiger charge is 2.14. The summed E-state index contributed by atoms with van der Waals surface area (Å²) in [5.41, 5.74) is 5.05. The molecule has 0 atom stereocenters. The van der Waals surface area contributed by atoms with Gasteiger partial charge in [-0.25, -0.2) is 14.5 Å². The Balaban J connectivity index is 1.64. The summed E-state index contributed by atoms with van der Waals surface area (Å²) < 4.78 is 6.67. The first-order valence-corrected chi connectivity index (χ1v) is 9.20. The van der Waals surface area contributed by atoms with Crippen LogP contribution in [0.5, 0.6) is 0 Å². The third kappa shape index (κ3) is 3.54. The number of nitrogens with zero attached hydrogens (tertiary/aromatic N) is 4. The number of methoxy groups -OCH3 is 1. The Bertz CT molecular complexity index is 1270. The molecule has 0 saturated heterocycles. The van der Waals surface area contributed by atoms with Crippen LogP contribution >= 0.6 is 0 Å². The van der Waals surface area contributed by atoms with Gasteiger partial charge in [-0.05, 0) is 35.9 Å². The van der Waals surface area contributed by atoms with E-state index in [9.17, 15) is 4.79 Å². The van der Waals surface area contributed by atoms with Crippen molar-refractivity contribution in [3.63, 3.8) is 0 Å². The number of hydrogen-bond donors (Lipinski definition) is 3. The van der Waals surface area contributed by atoms with E-state index in [0.717, 1.165) is 16.8 Å². The summed E-state index contributed by atoms with van der Waals surface area (Å²) in [5.74, 6) is -0.0462. The number of anilines is 3. The predicted molar refractivity (Wildman–Crippen MR) is 113 cm³/mol. The lowest BCUT2D eigenvalue weighted by Crippen LogP contribution is -2.12. The van der Waals surface area contributed by atoms with Crippen molar-refractivity contribution in [2.75, 3.05) is 24.8 Å². The minimum absolute atomic E-state index is 0.344. The Labute approximate surface area is 172 Å². The third-order valence-corrected chi connectivity index (χ3v) is 4.61. The quantitative estimate of drug-likeness (QED) is 0.424. The van der Waals surface area contributed by atoms with Gasteiger partial charge in [0.2, 0.25) is 5.95 Å². The van der Waals surface area contributed by atoms with Gasteiger partial charge in [-0.3, -0.25) is 5.10 Å². The zero-order valence-electron chi connectivity index (χ0n) is 16.4. The first kappa shape index (κ1) is 19.0. The normalized spacial score (nSPS) is 10.6. The fraction of sp³-hybridized carbons (Fsp3) is 0.143. The van der Waals surface area contributed by atoms with Crippen LogP contribution in [0.15, 0.2) is 48.7 Å². The van der Waals surface area contributed by atoms with E-state index in [0.29, 0.717) is 35.0 Å². The average molecular weight is 401 g/mol. The first-order chi connectivity index (χ1) is 14.6. The highest BCUT2D eigenvalue weighted by Crippen LogP contribution is 2.24. The van der Waals surface area contributed by atoms with Crippen molar-refractivity contribution >= 4 is 34.5 Å². The average Bonchev–Trinajstić information content (AvgIpc) is 2.75. The topological polar surface area (TPSA) is 121 Å². The Kier molecular flexibility index (Phi) is 5.05. The van der Waals surface area contributed by atoms with Crippen molar-refractivity contribution in [2.24, 2.45) is 0 Å². The summed E-state index contributed by atoms with van der Waals surface area (Å²) in [7, 11) is 3.08. The number of H-pyrrole nitrogens is 1. The van der Waals surface area contributed by atoms with Crippen LogP contribution in [0.25, 0.3) is 16.9 Å². The number of fused-ring (bicyclic) bond motifs is 1. The summed E-state index contributed by atoms with van der Waals surface area (Å²) in [6.07, 6.45) is 2.03. The van der Waals surface area contributed by atoms with E-state index in [1.165, 1.54) is 7.11 Å². The van der Waals surface area contributed by atoms with Crippen LogP contribution in [0.4, 0.5) is 17.3 Å². The van der Waals surface area contributed by atoms with E-state index < -0.39 is 5.97 Å². The first-order valence-electron chi connectivity index (χ1n) is 9.20. The number of carbonyl (C=O) groups is 1. The minimum atomic E-state index is -0.436. The van der Waals surface area contributed by atoms with Gasteiger partial charge < -0.3 is 15.4 Å². The van der Waals surface area contributed by atoms with Gasteiger partial charge >= 0.3 is 5.97 Å². The Morgan fingerprint density at radius 1 is 1.30 bits per heavy atom. The number of esters is 1. The lowest BCUT2D eigenvalue weighted by molar-refractivity contribution is 0.0602. The third-order valence-electron chi connectivity index (χ3n) is 4.61. The Morgan fingerprint density at radius 2 is 2.17 bits per heavy atom. The lowest BCUT2D eigenvalue weighted by Gasteiger charge is -2.17. The molecule has 9 nitrogen and oxygen atoms in total. The van der Waals surface area contributed by atoms with Gasteiger partial charge in [-0.15, -0.1) is 0 Å². The second-order valence-electron chi connectivity index (χ2n) is 6.51. The largest absolute Gasteiger partial charge is 0.465 e. The van der Waals surface area contributed by atoms with Crippen LogP contribution in [-0.2, 0) is 11.2 Å². The van der Waals surface area contributed by atoms with Gasteiger partial charge in [0.05, 0.1) is 37.0 Å². The smallest absolute Gasteiger partial charge is 0.340 e. The summed E-state index contributed by atoms with van der Waals surface area (Å²) in [4.78, 5) is 20.9. The molecule has 0 spiro atoms. The monoisotopic (exact) mass is 401 g/mol. The number of nitriles is 1. The summed E-state index contributed by atoms with van der Waals surface area (Å²) >= 11 is 0. The fourth-order valence-corrected chi connectivity index (χ4v) is 3.13. The van der Waals surface area contributed by atoms with Crippen molar-refractivity contribution < 1.29 is 9.53 Å². The molecule has 0 unspecified atom stereocenters. The molecule has 3 N–H and O–H groups in total. The fourth-order valence-electron chi connectivity index (χ4n) is 3.13. The molecule has 4 rings (SSSR count). The van der Waals surface area contributed by atoms with Crippen molar-refractivity contribution in [3.05, 3.63) is 59.8 Å². The number of aromatic amines is 1. The predicted octanol–water partition coefficient (Wildman–Crippen LogP) is 3.39. The lowest BCUT2D eigenvalue weighted by atomic mass is 10.1. The summed E-state index contributed by atoms with van der Waals surface area (Å²) in [6, 6.07) is 15.1. The highest BCUT2D eigenvalue weighted by molar-refractivity contribution is 5.97. The molecule has 0 saturated carbocycles. The molecule has 0 radical (unpaired) electrons. The molecule has 0 aliphatic carbocycles. The molecule has 0 fully saturated rings. The number of nitrogens with one attached hydrogen (secondary N) is 3. The van der Waals surface area contributed by atoms with E-state index in [1.807, 2.05) is 35.0 Å². The van der Waals surface area contributed by atoms with Crippen molar-refractivity contribution in [3.8, 4) is 11.8 Å². The van der Waals surface area contributed by atoms with E-state index in [-0.39, 0.29) is 0 Å². The standard InChI is InChI=1S/C21H19N7O2/c1-23-17-7-6-14(11-16(17)20(29)30-2)25-21-24-12-18-19(26-21)28(27-18)15-5-3-4-13(10-15)8-9-22/h3-7,10-12,23,27H,8H2,1-2H3,(H,24,25,26). The van der Waals surface area contributed by atoms with Crippen LogP contribution in [-0.4, -0.2) is 39.9 Å². The molecule has 0 amide bonds. The zero-order chi connectivity index (χ0) is 21.1. The second-order valence-corrected chi connectivity index (χ2v) is 6.51. The van der Waals surface area contributed by atoms with Crippen molar-refractivity contribution in [2.45, 2.75) is 6.42 Å². The van der Waals surface area contributed by atoms with E-state index >= 15 is 0 Å². The SMILES string of the molecule is CNc1ccc(Nc2ncc3[nH]n(-c4cccc(CC#N)c4)c3n2)cc1C(=O)OC. The molecule has 150 valence electrons. The van der Waals surface area contributed by atoms with Crippen LogP contribution in [0, 0.1) is 11.3 Å². The van der Waals surface area contributed by atoms with Gasteiger partial charge in [0.1, 0.15) is 5.52 Å². The molecule has 4 aromatic rings. The second kappa shape index (κ2) is 7.97. The molecule has 2 heterocycles. The zero-order valence-corrected chi connectivity index (χ0v) is 16.4. The van der Waals surface area contributed by atoms with E-state index in [4.69, 9.17) is 10.00 Å². The minimum Gasteiger partial charge on any atom is -0.465 e. The molecule has 9 heteroatoms. The molecular weight excluding hydrogens is 382 g/mol. The maximum absolute atomic E-state index is 12.0. The van der Waals surface area contributed by atoms with Crippen LogP contribution < -0.4 is 10.6 Å². The van der Waals surface area contributed by atoms with Gasteiger partial charge in [-0.2, -0.15) is 10.2 Å². The van der Waals surface area contributed by atoms with Gasteiger partial charge in [0, 0.05) is 18.4 Å². The maximum Gasteiger partial charge on any atom is 0.340 e. The Hall–Kier alpha value is -4.32. The maximum atomic E-state index is 12.0. The number of hydrogen-bond acceptors (Lipinski definition) is 7. The molecule has 30 heavy (non-hydrogen) atoms. The van der Waals surface area contributed by atoms with Gasteiger partial charge in [-0.1, -0.05) is 12.1 Å². The number of ether oxygens (including phenoxy) is 1. The van der Waals surface area contributed by atoms with Crippen LogP contribution in [0.2, 0.25) is 0 Å². The number of rotatable bonds is 6. The van der Waals surface area contributed by atoms with Crippen molar-refractivity contribution in [1.82, 2.24) is 19.7 Å². The molecule has 2 aromatic carbocycles. The number of benzene rings is 2. The van der Waals surface area contributed by atoms with E-state index in [2.05, 4.69) is 31.8 Å².